The van der Waals surface area contributed by atoms with Crippen molar-refractivity contribution >= 4 is 45.9 Å². The summed E-state index contributed by atoms with van der Waals surface area (Å²) in [5.41, 5.74) is 0.854. The van der Waals surface area contributed by atoms with Crippen LogP contribution >= 0.6 is 35.0 Å². The predicted molar refractivity (Wildman–Crippen MR) is 66.7 cm³/mol. The number of hydrogen-bond acceptors (Lipinski definition) is 4. The Hall–Kier alpha value is -0.780. The molecule has 4 nitrogen and oxygen atoms in total. The summed E-state index contributed by atoms with van der Waals surface area (Å²) in [5.74, 6) is 0. The molecule has 16 heavy (non-hydrogen) atoms. The Morgan fingerprint density at radius 3 is 2.56 bits per heavy atom. The summed E-state index contributed by atoms with van der Waals surface area (Å²) < 4.78 is 0. The fraction of sp³-hybridized carbons (Fsp3) is 0.222. The summed E-state index contributed by atoms with van der Waals surface area (Å²) in [6.45, 7) is 1.75. The van der Waals surface area contributed by atoms with Crippen LogP contribution in [-0.4, -0.2) is 21.2 Å². The summed E-state index contributed by atoms with van der Waals surface area (Å²) >= 11 is 13.1. The number of aromatic amines is 1. The molecular weight excluding hydrogens is 269 g/mol. The average molecular weight is 276 g/mol. The van der Waals surface area contributed by atoms with Crippen molar-refractivity contribution in [1.29, 1.82) is 0 Å². The molecule has 0 aromatic carbocycles. The molecule has 2 aromatic rings. The van der Waals surface area contributed by atoms with Crippen molar-refractivity contribution in [3.63, 3.8) is 0 Å². The Morgan fingerprint density at radius 1 is 1.25 bits per heavy atom. The van der Waals surface area contributed by atoms with Crippen LogP contribution in [-0.2, 0) is 0 Å². The monoisotopic (exact) mass is 275 g/mol. The van der Waals surface area contributed by atoms with Gasteiger partial charge in [0, 0.05) is 5.56 Å². The van der Waals surface area contributed by atoms with Crippen LogP contribution in [0.5, 0.6) is 0 Å². The van der Waals surface area contributed by atoms with Crippen LogP contribution in [0.15, 0.2) is 9.95 Å². The van der Waals surface area contributed by atoms with Gasteiger partial charge in [-0.25, -0.2) is 9.97 Å². The first-order valence-electron chi connectivity index (χ1n) is 4.34. The van der Waals surface area contributed by atoms with Crippen LogP contribution in [0.3, 0.4) is 0 Å². The van der Waals surface area contributed by atoms with Crippen LogP contribution < -0.4 is 5.56 Å². The number of hydrogen-bond donors (Lipinski definition) is 1. The highest BCUT2D eigenvalue weighted by Gasteiger charge is 2.13. The van der Waals surface area contributed by atoms with Crippen molar-refractivity contribution in [2.24, 2.45) is 0 Å². The van der Waals surface area contributed by atoms with E-state index in [1.807, 2.05) is 6.26 Å². The average Bonchev–Trinajstić information content (AvgIpc) is 2.24. The fourth-order valence-electron chi connectivity index (χ4n) is 1.34. The second-order valence-electron chi connectivity index (χ2n) is 3.12. The number of rotatable bonds is 1. The molecule has 0 aliphatic carbocycles. The third-order valence-corrected chi connectivity index (χ3v) is 3.38. The molecule has 2 rings (SSSR count). The molecule has 0 amide bonds. The maximum atomic E-state index is 11.8. The Balaban J connectivity index is 3.00. The number of nitrogens with one attached hydrogen (secondary N) is 1. The van der Waals surface area contributed by atoms with Crippen molar-refractivity contribution < 1.29 is 0 Å². The molecule has 0 aliphatic rings. The Labute approximate surface area is 105 Å². The van der Waals surface area contributed by atoms with Gasteiger partial charge >= 0.3 is 0 Å². The number of aromatic nitrogens is 3. The minimum absolute atomic E-state index is 0.0759. The van der Waals surface area contributed by atoms with Crippen molar-refractivity contribution in [2.75, 3.05) is 6.26 Å². The van der Waals surface area contributed by atoms with Gasteiger partial charge < -0.3 is 4.98 Å². The van der Waals surface area contributed by atoms with E-state index in [4.69, 9.17) is 23.2 Å². The standard InChI is InChI=1S/C9H7Cl2N3OS/c1-3-5-4(7(11)13-6(3)10)8(15)14-9(12-5)16-2/h1-2H3,(H,12,14,15). The highest BCUT2D eigenvalue weighted by atomic mass is 35.5. The van der Waals surface area contributed by atoms with Crippen LogP contribution in [0, 0.1) is 6.92 Å². The van der Waals surface area contributed by atoms with E-state index in [1.54, 1.807) is 6.92 Å². The Bertz CT molecular complexity index is 626. The van der Waals surface area contributed by atoms with Gasteiger partial charge in [0.15, 0.2) is 5.16 Å². The first kappa shape index (κ1) is 11.7. The molecule has 0 aliphatic heterocycles. The molecule has 1 N–H and O–H groups in total. The van der Waals surface area contributed by atoms with Gasteiger partial charge in [-0.05, 0) is 13.2 Å². The van der Waals surface area contributed by atoms with Gasteiger partial charge in [0.1, 0.15) is 15.7 Å². The van der Waals surface area contributed by atoms with Crippen LogP contribution in [0.2, 0.25) is 10.3 Å². The van der Waals surface area contributed by atoms with Gasteiger partial charge in [-0.1, -0.05) is 35.0 Å². The second kappa shape index (κ2) is 4.24. The lowest BCUT2D eigenvalue weighted by Gasteiger charge is -2.05. The third-order valence-electron chi connectivity index (χ3n) is 2.16. The summed E-state index contributed by atoms with van der Waals surface area (Å²) in [7, 11) is 0. The molecule has 0 saturated heterocycles. The van der Waals surface area contributed by atoms with E-state index in [-0.39, 0.29) is 21.3 Å². The lowest BCUT2D eigenvalue weighted by molar-refractivity contribution is 0.971. The first-order chi connectivity index (χ1) is 7.54. The minimum Gasteiger partial charge on any atom is -0.301 e. The third kappa shape index (κ3) is 1.79. The molecule has 0 spiro atoms. The maximum Gasteiger partial charge on any atom is 0.262 e. The van der Waals surface area contributed by atoms with E-state index in [9.17, 15) is 4.79 Å². The summed E-state index contributed by atoms with van der Waals surface area (Å²) in [6, 6.07) is 0. The summed E-state index contributed by atoms with van der Waals surface area (Å²) in [5, 5.41) is 1.15. The molecule has 0 saturated carbocycles. The maximum absolute atomic E-state index is 11.8. The second-order valence-corrected chi connectivity index (χ2v) is 4.63. The lowest BCUT2D eigenvalue weighted by atomic mass is 10.2. The minimum atomic E-state index is -0.299. The quantitative estimate of drug-likeness (QED) is 0.494. The van der Waals surface area contributed by atoms with Crippen molar-refractivity contribution in [1.82, 2.24) is 15.0 Å². The van der Waals surface area contributed by atoms with Gasteiger partial charge in [-0.15, -0.1) is 0 Å². The Kier molecular flexibility index (Phi) is 3.10. The number of fused-ring (bicyclic) bond motifs is 1. The van der Waals surface area contributed by atoms with Crippen LogP contribution in [0.1, 0.15) is 5.56 Å². The van der Waals surface area contributed by atoms with Gasteiger partial charge in [0.2, 0.25) is 0 Å². The van der Waals surface area contributed by atoms with Gasteiger partial charge in [-0.3, -0.25) is 4.79 Å². The van der Waals surface area contributed by atoms with Crippen molar-refractivity contribution in [3.8, 4) is 0 Å². The van der Waals surface area contributed by atoms with Crippen molar-refractivity contribution in [3.05, 3.63) is 26.2 Å². The number of thioether (sulfide) groups is 1. The van der Waals surface area contributed by atoms with E-state index in [0.29, 0.717) is 16.2 Å². The van der Waals surface area contributed by atoms with Gasteiger partial charge in [0.05, 0.1) is 5.52 Å². The molecule has 0 unspecified atom stereocenters. The number of aryl methyl sites for hydroxylation is 1. The van der Waals surface area contributed by atoms with E-state index in [1.165, 1.54) is 11.8 Å². The molecule has 7 heteroatoms. The summed E-state index contributed by atoms with van der Waals surface area (Å²) in [6.07, 6.45) is 1.82. The number of nitrogens with zero attached hydrogens (tertiary/aromatic N) is 2. The van der Waals surface area contributed by atoms with Gasteiger partial charge in [0.25, 0.3) is 5.56 Å². The zero-order valence-corrected chi connectivity index (χ0v) is 10.8. The zero-order valence-electron chi connectivity index (χ0n) is 8.47. The zero-order chi connectivity index (χ0) is 11.9. The first-order valence-corrected chi connectivity index (χ1v) is 6.32. The van der Waals surface area contributed by atoms with Crippen LogP contribution in [0.4, 0.5) is 0 Å². The van der Waals surface area contributed by atoms with Gasteiger partial charge in [-0.2, -0.15) is 0 Å². The lowest BCUT2D eigenvalue weighted by Crippen LogP contribution is -2.11. The molecule has 84 valence electrons. The fourth-order valence-corrected chi connectivity index (χ4v) is 2.19. The van der Waals surface area contributed by atoms with E-state index in [0.717, 1.165) is 0 Å². The number of halogens is 2. The van der Waals surface area contributed by atoms with E-state index >= 15 is 0 Å². The van der Waals surface area contributed by atoms with Crippen molar-refractivity contribution in [2.45, 2.75) is 12.1 Å². The molecule has 0 bridgehead atoms. The highest BCUT2D eigenvalue weighted by molar-refractivity contribution is 7.98. The molecule has 0 fully saturated rings. The summed E-state index contributed by atoms with van der Waals surface area (Å²) in [4.78, 5) is 22.5. The smallest absolute Gasteiger partial charge is 0.262 e. The van der Waals surface area contributed by atoms with Crippen LogP contribution in [0.25, 0.3) is 10.9 Å². The largest absolute Gasteiger partial charge is 0.301 e. The molecule has 2 aromatic heterocycles. The predicted octanol–water partition coefficient (Wildman–Crippen LogP) is 2.66. The SMILES string of the molecule is CSc1nc2c(C)c(Cl)nc(Cl)c2c(=O)[nH]1. The molecular formula is C9H7Cl2N3OS. The highest BCUT2D eigenvalue weighted by Crippen LogP contribution is 2.26. The topological polar surface area (TPSA) is 58.6 Å². The molecule has 2 heterocycles. The normalized spacial score (nSPS) is 11.0. The molecule has 0 radical (unpaired) electrons. The van der Waals surface area contributed by atoms with E-state index < -0.39 is 0 Å². The molecule has 0 atom stereocenters. The Morgan fingerprint density at radius 2 is 1.94 bits per heavy atom. The number of pyridine rings is 1. The van der Waals surface area contributed by atoms with E-state index in [2.05, 4.69) is 15.0 Å². The number of H-pyrrole nitrogens is 1.